The first-order valence-electron chi connectivity index (χ1n) is 9.89. The van der Waals surface area contributed by atoms with E-state index in [0.717, 1.165) is 30.5 Å². The molecule has 1 saturated heterocycles. The fourth-order valence-corrected chi connectivity index (χ4v) is 4.49. The third-order valence-corrected chi connectivity index (χ3v) is 5.92. The van der Waals surface area contributed by atoms with Crippen LogP contribution >= 0.6 is 0 Å². The molecule has 0 aromatic carbocycles. The summed E-state index contributed by atoms with van der Waals surface area (Å²) < 4.78 is 7.28. The zero-order valence-corrected chi connectivity index (χ0v) is 17.3. The largest absolute Gasteiger partial charge is 0.444 e. The van der Waals surface area contributed by atoms with Crippen LogP contribution in [0.15, 0.2) is 6.20 Å². The Labute approximate surface area is 169 Å². The molecule has 3 heterocycles. The van der Waals surface area contributed by atoms with E-state index in [1.54, 1.807) is 15.8 Å². The van der Waals surface area contributed by atoms with Gasteiger partial charge in [0.15, 0.2) is 0 Å². The highest BCUT2D eigenvalue weighted by atomic mass is 16.6. The minimum atomic E-state index is -0.492. The minimum Gasteiger partial charge on any atom is -0.444 e. The maximum Gasteiger partial charge on any atom is 0.410 e. The number of amides is 1. The number of hydrogen-bond donors (Lipinski definition) is 2. The molecule has 1 spiro atoms. The molecule has 1 aliphatic carbocycles. The Hall–Kier alpha value is -3.02. The molecule has 1 amide bonds. The predicted octanol–water partition coefficient (Wildman–Crippen LogP) is 3.00. The van der Waals surface area contributed by atoms with E-state index in [9.17, 15) is 10.1 Å². The number of nitriles is 1. The van der Waals surface area contributed by atoms with E-state index in [4.69, 9.17) is 10.5 Å². The molecule has 4 rings (SSSR count). The fourth-order valence-electron chi connectivity index (χ4n) is 4.49. The molecule has 154 valence electrons. The van der Waals surface area contributed by atoms with Gasteiger partial charge in [0.1, 0.15) is 28.7 Å². The van der Waals surface area contributed by atoms with Crippen LogP contribution in [0.3, 0.4) is 0 Å². The number of aromatic amines is 1. The number of likely N-dealkylation sites (tertiary alicyclic amines) is 1. The topological polar surface area (TPSA) is 126 Å². The zero-order chi connectivity index (χ0) is 21.0. The molecule has 0 bridgehead atoms. The average molecular weight is 397 g/mol. The van der Waals surface area contributed by atoms with E-state index in [1.807, 2.05) is 27.7 Å². The molecule has 1 aliphatic heterocycles. The number of anilines is 1. The van der Waals surface area contributed by atoms with Crippen molar-refractivity contribution in [2.45, 2.75) is 58.6 Å². The molecule has 2 aromatic heterocycles. The van der Waals surface area contributed by atoms with Crippen LogP contribution in [0.5, 0.6) is 0 Å². The van der Waals surface area contributed by atoms with Crippen molar-refractivity contribution >= 4 is 11.9 Å². The van der Waals surface area contributed by atoms with Gasteiger partial charge in [-0.1, -0.05) is 0 Å². The van der Waals surface area contributed by atoms with Crippen molar-refractivity contribution in [3.05, 3.63) is 17.5 Å². The van der Waals surface area contributed by atoms with Crippen LogP contribution in [0.4, 0.5) is 10.6 Å². The Morgan fingerprint density at radius 1 is 1.45 bits per heavy atom. The number of aryl methyl sites for hydroxylation is 1. The van der Waals surface area contributed by atoms with Gasteiger partial charge < -0.3 is 15.4 Å². The highest BCUT2D eigenvalue weighted by Gasteiger charge is 2.51. The van der Waals surface area contributed by atoms with E-state index in [0.29, 0.717) is 30.2 Å². The van der Waals surface area contributed by atoms with E-state index in [-0.39, 0.29) is 17.6 Å². The number of carbonyl (C=O) groups excluding carboxylic acids is 1. The molecule has 0 radical (unpaired) electrons. The first kappa shape index (κ1) is 19.3. The summed E-state index contributed by atoms with van der Waals surface area (Å²) in [6, 6.07) is 2.31. The van der Waals surface area contributed by atoms with Gasteiger partial charge >= 0.3 is 6.09 Å². The van der Waals surface area contributed by atoms with Gasteiger partial charge in [0.25, 0.3) is 0 Å². The molecule has 9 nitrogen and oxygen atoms in total. The normalized spacial score (nSPS) is 23.8. The first-order chi connectivity index (χ1) is 13.6. The molecular formula is C20H27N7O2. The number of nitrogens with zero attached hydrogens (tertiary/aromatic N) is 5. The van der Waals surface area contributed by atoms with Crippen molar-refractivity contribution in [2.24, 2.45) is 5.41 Å². The zero-order valence-electron chi connectivity index (χ0n) is 17.3. The standard InChI is InChI=1S/C20H27N7O2/c1-12-15(10-23-24-12)16-14(9-21)17(22)27(25-16)13-7-20(8-13)5-6-26(11-20)18(28)29-19(2,3)4/h10,13H,5-8,11,22H2,1-4H3,(H,23,24)/t13-,20-. The maximum absolute atomic E-state index is 12.4. The van der Waals surface area contributed by atoms with Gasteiger partial charge in [-0.05, 0) is 52.4 Å². The quantitative estimate of drug-likeness (QED) is 0.802. The minimum absolute atomic E-state index is 0.0818. The predicted molar refractivity (Wildman–Crippen MR) is 107 cm³/mol. The van der Waals surface area contributed by atoms with Gasteiger partial charge in [0.2, 0.25) is 0 Å². The van der Waals surface area contributed by atoms with Gasteiger partial charge in [-0.15, -0.1) is 0 Å². The second-order valence-electron chi connectivity index (χ2n) is 9.26. The molecule has 0 atom stereocenters. The molecule has 1 saturated carbocycles. The monoisotopic (exact) mass is 397 g/mol. The van der Waals surface area contributed by atoms with Gasteiger partial charge in [-0.2, -0.15) is 15.5 Å². The van der Waals surface area contributed by atoms with Gasteiger partial charge in [0.05, 0.1) is 11.7 Å². The summed E-state index contributed by atoms with van der Waals surface area (Å²) in [6.45, 7) is 8.90. The number of aromatic nitrogens is 4. The Kier molecular flexibility index (Phi) is 4.33. The van der Waals surface area contributed by atoms with Crippen LogP contribution < -0.4 is 5.73 Å². The third-order valence-electron chi connectivity index (χ3n) is 5.92. The van der Waals surface area contributed by atoms with Crippen molar-refractivity contribution in [1.82, 2.24) is 24.9 Å². The fraction of sp³-hybridized carbons (Fsp3) is 0.600. The SMILES string of the molecule is Cc1n[nH]cc1-c1nn([C@H]2C[C@@]3(CCN(C(=O)OC(C)(C)C)C3)C2)c(N)c1C#N. The van der Waals surface area contributed by atoms with Gasteiger partial charge in [-0.3, -0.25) is 5.10 Å². The van der Waals surface area contributed by atoms with Crippen LogP contribution in [-0.4, -0.2) is 49.7 Å². The molecule has 2 aliphatic rings. The number of nitrogens with two attached hydrogens (primary N) is 1. The third kappa shape index (κ3) is 3.33. The molecule has 9 heteroatoms. The van der Waals surface area contributed by atoms with Crippen LogP contribution in [0, 0.1) is 23.7 Å². The van der Waals surface area contributed by atoms with Crippen molar-refractivity contribution in [2.75, 3.05) is 18.8 Å². The summed E-state index contributed by atoms with van der Waals surface area (Å²) in [6.07, 6.45) is 4.20. The number of hydrogen-bond acceptors (Lipinski definition) is 6. The van der Waals surface area contributed by atoms with Gasteiger partial charge in [-0.25, -0.2) is 9.48 Å². The van der Waals surface area contributed by atoms with Crippen LogP contribution in [0.2, 0.25) is 0 Å². The smallest absolute Gasteiger partial charge is 0.410 e. The van der Waals surface area contributed by atoms with Crippen molar-refractivity contribution in [3.63, 3.8) is 0 Å². The lowest BCUT2D eigenvalue weighted by Gasteiger charge is -2.45. The lowest BCUT2D eigenvalue weighted by Crippen LogP contribution is -2.43. The summed E-state index contributed by atoms with van der Waals surface area (Å²) in [4.78, 5) is 14.2. The summed E-state index contributed by atoms with van der Waals surface area (Å²) >= 11 is 0. The van der Waals surface area contributed by atoms with Crippen molar-refractivity contribution in [1.29, 1.82) is 5.26 Å². The highest BCUT2D eigenvalue weighted by molar-refractivity contribution is 5.73. The molecule has 2 fully saturated rings. The summed E-state index contributed by atoms with van der Waals surface area (Å²) in [5.41, 5.74) is 8.39. The average Bonchev–Trinajstić information content (AvgIpc) is 3.28. The van der Waals surface area contributed by atoms with E-state index in [1.165, 1.54) is 0 Å². The Balaban J connectivity index is 1.48. The number of H-pyrrole nitrogens is 1. The Bertz CT molecular complexity index is 986. The van der Waals surface area contributed by atoms with Crippen LogP contribution in [0.1, 0.15) is 57.3 Å². The van der Waals surface area contributed by atoms with E-state index >= 15 is 0 Å². The number of nitrogens with one attached hydrogen (secondary N) is 1. The molecule has 0 unspecified atom stereocenters. The van der Waals surface area contributed by atoms with Crippen molar-refractivity contribution in [3.8, 4) is 17.3 Å². The second kappa shape index (κ2) is 6.51. The molecule has 3 N–H and O–H groups in total. The summed E-state index contributed by atoms with van der Waals surface area (Å²) in [5, 5.41) is 21.2. The Morgan fingerprint density at radius 2 is 2.17 bits per heavy atom. The number of nitrogen functional groups attached to an aromatic ring is 1. The van der Waals surface area contributed by atoms with Gasteiger partial charge in [0, 0.05) is 24.8 Å². The second-order valence-corrected chi connectivity index (χ2v) is 9.26. The summed E-state index contributed by atoms with van der Waals surface area (Å²) in [7, 11) is 0. The van der Waals surface area contributed by atoms with E-state index < -0.39 is 5.60 Å². The maximum atomic E-state index is 12.4. The van der Waals surface area contributed by atoms with Crippen LogP contribution in [-0.2, 0) is 4.74 Å². The number of carbonyl (C=O) groups is 1. The van der Waals surface area contributed by atoms with E-state index in [2.05, 4.69) is 21.4 Å². The summed E-state index contributed by atoms with van der Waals surface area (Å²) in [5.74, 6) is 0.393. The number of rotatable bonds is 2. The van der Waals surface area contributed by atoms with Crippen molar-refractivity contribution < 1.29 is 9.53 Å². The number of ether oxygens (including phenoxy) is 1. The molecule has 29 heavy (non-hydrogen) atoms. The lowest BCUT2D eigenvalue weighted by molar-refractivity contribution is 0.0188. The van der Waals surface area contributed by atoms with Crippen LogP contribution in [0.25, 0.3) is 11.3 Å². The Morgan fingerprint density at radius 3 is 2.76 bits per heavy atom. The first-order valence-corrected chi connectivity index (χ1v) is 9.89. The lowest BCUT2D eigenvalue weighted by atomic mass is 9.65. The highest BCUT2D eigenvalue weighted by Crippen LogP contribution is 2.54. The molecule has 2 aromatic rings. The molecular weight excluding hydrogens is 370 g/mol.